The molecule has 8 heteroatoms. The summed E-state index contributed by atoms with van der Waals surface area (Å²) in [5.41, 5.74) is 8.02. The molecule has 0 unspecified atom stereocenters. The third kappa shape index (κ3) is 8.22. The molecule has 2 aromatic carbocycles. The fourth-order valence-corrected chi connectivity index (χ4v) is 2.68. The van der Waals surface area contributed by atoms with Crippen LogP contribution in [0.2, 0.25) is 0 Å². The normalized spacial score (nSPS) is 10.5. The van der Waals surface area contributed by atoms with Crippen molar-refractivity contribution >= 4 is 23.9 Å². The van der Waals surface area contributed by atoms with Gasteiger partial charge in [0.15, 0.2) is 24.7 Å². The lowest BCUT2D eigenvalue weighted by Gasteiger charge is -2.10. The summed E-state index contributed by atoms with van der Waals surface area (Å²) in [6.45, 7) is 1.84. The average Bonchev–Trinajstić information content (AvgIpc) is 2.76. The summed E-state index contributed by atoms with van der Waals surface area (Å²) in [6.07, 6.45) is 3.42. The van der Waals surface area contributed by atoms with E-state index >= 15 is 0 Å². The summed E-state index contributed by atoms with van der Waals surface area (Å²) in [6, 6.07) is 12.8. The predicted molar refractivity (Wildman–Crippen MR) is 116 cm³/mol. The van der Waals surface area contributed by atoms with E-state index in [0.717, 1.165) is 11.1 Å². The second kappa shape index (κ2) is 12.0. The minimum absolute atomic E-state index is 0.273. The van der Waals surface area contributed by atoms with E-state index in [9.17, 15) is 14.4 Å². The molecule has 0 aromatic heterocycles. The zero-order chi connectivity index (χ0) is 22.6. The summed E-state index contributed by atoms with van der Waals surface area (Å²) in [7, 11) is 1.45. The molecule has 0 saturated heterocycles. The first kappa shape index (κ1) is 23.5. The van der Waals surface area contributed by atoms with Crippen LogP contribution in [0.5, 0.6) is 11.5 Å². The number of rotatable bonds is 11. The summed E-state index contributed by atoms with van der Waals surface area (Å²) in [5.74, 6) is -0.892. The van der Waals surface area contributed by atoms with Gasteiger partial charge in [-0.05, 0) is 48.2 Å². The molecule has 164 valence electrons. The highest BCUT2D eigenvalue weighted by Crippen LogP contribution is 2.28. The molecular weight excluding hydrogens is 400 g/mol. The molecule has 0 aliphatic heterocycles. The Morgan fingerprint density at radius 2 is 1.84 bits per heavy atom. The van der Waals surface area contributed by atoms with Crippen LogP contribution in [0, 0.1) is 6.92 Å². The molecule has 8 nitrogen and oxygen atoms in total. The highest BCUT2D eigenvalue weighted by atomic mass is 16.5. The molecule has 2 amide bonds. The Kier molecular flexibility index (Phi) is 9.10. The van der Waals surface area contributed by atoms with Gasteiger partial charge in [-0.1, -0.05) is 30.3 Å². The monoisotopic (exact) mass is 426 g/mol. The Bertz CT molecular complexity index is 955. The number of primary amides is 1. The fraction of sp³-hybridized carbons (Fsp3) is 0.261. The van der Waals surface area contributed by atoms with Crippen molar-refractivity contribution < 1.29 is 28.6 Å². The number of carbonyl (C=O) groups is 3. The third-order valence-corrected chi connectivity index (χ3v) is 4.29. The van der Waals surface area contributed by atoms with Crippen LogP contribution in [0.15, 0.2) is 48.5 Å². The maximum Gasteiger partial charge on any atom is 0.331 e. The highest BCUT2D eigenvalue weighted by Gasteiger charge is 2.08. The molecule has 0 radical (unpaired) electrons. The Morgan fingerprint density at radius 1 is 1.06 bits per heavy atom. The van der Waals surface area contributed by atoms with E-state index in [0.29, 0.717) is 30.0 Å². The van der Waals surface area contributed by atoms with E-state index in [2.05, 4.69) is 5.32 Å². The topological polar surface area (TPSA) is 117 Å². The molecule has 0 bridgehead atoms. The van der Waals surface area contributed by atoms with Crippen molar-refractivity contribution in [2.45, 2.75) is 13.3 Å². The van der Waals surface area contributed by atoms with Crippen LogP contribution in [0.1, 0.15) is 16.7 Å². The minimum atomic E-state index is -0.651. The van der Waals surface area contributed by atoms with Gasteiger partial charge >= 0.3 is 5.97 Å². The maximum absolute atomic E-state index is 11.9. The van der Waals surface area contributed by atoms with Crippen molar-refractivity contribution in [2.24, 2.45) is 5.73 Å². The van der Waals surface area contributed by atoms with Crippen molar-refractivity contribution in [3.8, 4) is 11.5 Å². The van der Waals surface area contributed by atoms with Crippen molar-refractivity contribution in [3.63, 3.8) is 0 Å². The minimum Gasteiger partial charge on any atom is -0.493 e. The first-order valence-corrected chi connectivity index (χ1v) is 9.64. The molecular formula is C23H26N2O6. The summed E-state index contributed by atoms with van der Waals surface area (Å²) >= 11 is 0. The number of hydrogen-bond acceptors (Lipinski definition) is 6. The zero-order valence-corrected chi connectivity index (χ0v) is 17.6. The number of amides is 2. The van der Waals surface area contributed by atoms with Crippen molar-refractivity contribution in [1.29, 1.82) is 0 Å². The van der Waals surface area contributed by atoms with Crippen LogP contribution in [0.3, 0.4) is 0 Å². The van der Waals surface area contributed by atoms with Gasteiger partial charge in [0.1, 0.15) is 0 Å². The van der Waals surface area contributed by atoms with Gasteiger partial charge in [-0.2, -0.15) is 0 Å². The van der Waals surface area contributed by atoms with E-state index < -0.39 is 11.9 Å². The molecule has 0 spiro atoms. The van der Waals surface area contributed by atoms with Crippen LogP contribution < -0.4 is 20.5 Å². The smallest absolute Gasteiger partial charge is 0.331 e. The molecule has 0 saturated carbocycles. The number of esters is 1. The standard InChI is InChI=1S/C23H26N2O6/c1-16-5-3-4-6-18(16)11-12-25-22(27)15-31-23(28)10-8-17-7-9-19(20(13-17)29-2)30-14-21(24)26/h3-10,13H,11-12,14-15H2,1-2H3,(H2,24,26)(H,25,27)/b10-8+. The molecule has 0 heterocycles. The van der Waals surface area contributed by atoms with E-state index in [1.54, 1.807) is 18.2 Å². The van der Waals surface area contributed by atoms with Crippen LogP contribution in [0.25, 0.3) is 6.08 Å². The van der Waals surface area contributed by atoms with Gasteiger partial charge in [-0.3, -0.25) is 9.59 Å². The van der Waals surface area contributed by atoms with Crippen molar-refractivity contribution in [1.82, 2.24) is 5.32 Å². The number of nitrogens with two attached hydrogens (primary N) is 1. The second-order valence-electron chi connectivity index (χ2n) is 6.63. The fourth-order valence-electron chi connectivity index (χ4n) is 2.68. The lowest BCUT2D eigenvalue weighted by Crippen LogP contribution is -2.30. The summed E-state index contributed by atoms with van der Waals surface area (Å²) in [5, 5.41) is 2.73. The second-order valence-corrected chi connectivity index (χ2v) is 6.63. The van der Waals surface area contributed by atoms with E-state index in [4.69, 9.17) is 19.9 Å². The first-order valence-electron chi connectivity index (χ1n) is 9.64. The van der Waals surface area contributed by atoms with E-state index in [-0.39, 0.29) is 19.1 Å². The zero-order valence-electron chi connectivity index (χ0n) is 17.6. The molecule has 2 rings (SSSR count). The van der Waals surface area contributed by atoms with Gasteiger partial charge in [-0.25, -0.2) is 4.79 Å². The van der Waals surface area contributed by atoms with E-state index in [1.807, 2.05) is 31.2 Å². The van der Waals surface area contributed by atoms with E-state index in [1.165, 1.54) is 19.3 Å². The average molecular weight is 426 g/mol. The van der Waals surface area contributed by atoms with Crippen LogP contribution in [0.4, 0.5) is 0 Å². The Hall–Kier alpha value is -3.81. The molecule has 0 fully saturated rings. The Labute approximate surface area is 181 Å². The molecule has 0 aliphatic carbocycles. The molecule has 3 N–H and O–H groups in total. The molecule has 0 aliphatic rings. The molecule has 31 heavy (non-hydrogen) atoms. The van der Waals surface area contributed by atoms with Gasteiger partial charge in [0.25, 0.3) is 11.8 Å². The first-order chi connectivity index (χ1) is 14.9. The number of ether oxygens (including phenoxy) is 3. The summed E-state index contributed by atoms with van der Waals surface area (Å²) < 4.78 is 15.4. The lowest BCUT2D eigenvalue weighted by molar-refractivity contribution is -0.143. The number of benzene rings is 2. The molecule has 2 aromatic rings. The highest BCUT2D eigenvalue weighted by molar-refractivity contribution is 5.89. The van der Waals surface area contributed by atoms with Crippen LogP contribution in [-0.4, -0.2) is 44.7 Å². The Balaban J connectivity index is 1.77. The summed E-state index contributed by atoms with van der Waals surface area (Å²) in [4.78, 5) is 34.5. The number of hydrogen-bond donors (Lipinski definition) is 2. The maximum atomic E-state index is 11.9. The van der Waals surface area contributed by atoms with Crippen LogP contribution >= 0.6 is 0 Å². The SMILES string of the molecule is COc1cc(/C=C/C(=O)OCC(=O)NCCc2ccccc2C)ccc1OCC(N)=O. The van der Waals surface area contributed by atoms with Crippen molar-refractivity contribution in [3.05, 3.63) is 65.2 Å². The van der Waals surface area contributed by atoms with Gasteiger partial charge < -0.3 is 25.3 Å². The number of nitrogens with one attached hydrogen (secondary N) is 1. The number of aryl methyl sites for hydroxylation is 1. The Morgan fingerprint density at radius 3 is 2.55 bits per heavy atom. The van der Waals surface area contributed by atoms with Gasteiger partial charge in [0.05, 0.1) is 7.11 Å². The number of carbonyl (C=O) groups excluding carboxylic acids is 3. The predicted octanol–water partition coefficient (Wildman–Crippen LogP) is 1.78. The lowest BCUT2D eigenvalue weighted by atomic mass is 10.1. The van der Waals surface area contributed by atoms with Crippen LogP contribution in [-0.2, 0) is 25.5 Å². The van der Waals surface area contributed by atoms with Gasteiger partial charge in [0, 0.05) is 12.6 Å². The quantitative estimate of drug-likeness (QED) is 0.418. The largest absolute Gasteiger partial charge is 0.493 e. The number of methoxy groups -OCH3 is 1. The van der Waals surface area contributed by atoms with Crippen molar-refractivity contribution in [2.75, 3.05) is 26.9 Å². The van der Waals surface area contributed by atoms with Gasteiger partial charge in [-0.15, -0.1) is 0 Å². The molecule has 0 atom stereocenters. The van der Waals surface area contributed by atoms with Gasteiger partial charge in [0.2, 0.25) is 0 Å². The third-order valence-electron chi connectivity index (χ3n) is 4.29.